The largest absolute Gasteiger partial charge is 0.324 e. The first kappa shape index (κ1) is 15.3. The number of aromatic nitrogens is 2. The van der Waals surface area contributed by atoms with E-state index < -0.39 is 0 Å². The van der Waals surface area contributed by atoms with Crippen molar-refractivity contribution in [2.45, 2.75) is 33.7 Å². The zero-order valence-corrected chi connectivity index (χ0v) is 13.8. The molecule has 1 aromatic heterocycles. The SMILES string of the molecule is CCc1cccc(C)c1NC(=O)Cn1nc(C)c2ccccc21. The highest BCUT2D eigenvalue weighted by molar-refractivity contribution is 5.93. The summed E-state index contributed by atoms with van der Waals surface area (Å²) in [7, 11) is 0. The third kappa shape index (κ3) is 2.97. The second kappa shape index (κ2) is 6.24. The Bertz CT molecular complexity index is 864. The van der Waals surface area contributed by atoms with Crippen LogP contribution in [0.25, 0.3) is 10.9 Å². The van der Waals surface area contributed by atoms with E-state index in [9.17, 15) is 4.79 Å². The first-order valence-corrected chi connectivity index (χ1v) is 7.90. The molecule has 0 aliphatic rings. The Hall–Kier alpha value is -2.62. The summed E-state index contributed by atoms with van der Waals surface area (Å²) >= 11 is 0. The third-order valence-electron chi connectivity index (χ3n) is 4.14. The number of para-hydroxylation sites is 2. The third-order valence-corrected chi connectivity index (χ3v) is 4.14. The molecule has 4 nitrogen and oxygen atoms in total. The van der Waals surface area contributed by atoms with Crippen molar-refractivity contribution in [2.24, 2.45) is 0 Å². The molecule has 1 heterocycles. The van der Waals surface area contributed by atoms with Gasteiger partial charge in [-0.15, -0.1) is 0 Å². The lowest BCUT2D eigenvalue weighted by Gasteiger charge is -2.13. The number of hydrogen-bond acceptors (Lipinski definition) is 2. The van der Waals surface area contributed by atoms with Gasteiger partial charge >= 0.3 is 0 Å². The molecule has 3 rings (SSSR count). The predicted octanol–water partition coefficient (Wildman–Crippen LogP) is 3.85. The van der Waals surface area contributed by atoms with Crippen molar-refractivity contribution in [1.82, 2.24) is 9.78 Å². The molecule has 23 heavy (non-hydrogen) atoms. The summed E-state index contributed by atoms with van der Waals surface area (Å²) in [5.74, 6) is -0.0535. The van der Waals surface area contributed by atoms with Crippen molar-refractivity contribution in [2.75, 3.05) is 5.32 Å². The maximum absolute atomic E-state index is 12.5. The second-order valence-electron chi connectivity index (χ2n) is 5.77. The van der Waals surface area contributed by atoms with Gasteiger partial charge in [0.05, 0.1) is 11.2 Å². The molecule has 0 saturated carbocycles. The van der Waals surface area contributed by atoms with Gasteiger partial charge in [0.2, 0.25) is 5.91 Å². The van der Waals surface area contributed by atoms with Crippen LogP contribution >= 0.6 is 0 Å². The van der Waals surface area contributed by atoms with Crippen LogP contribution in [-0.4, -0.2) is 15.7 Å². The number of anilines is 1. The topological polar surface area (TPSA) is 46.9 Å². The molecule has 0 aliphatic carbocycles. The Labute approximate surface area is 136 Å². The Kier molecular flexibility index (Phi) is 4.15. The minimum absolute atomic E-state index is 0.0535. The van der Waals surface area contributed by atoms with Crippen molar-refractivity contribution in [3.05, 3.63) is 59.3 Å². The fourth-order valence-corrected chi connectivity index (χ4v) is 2.93. The van der Waals surface area contributed by atoms with Crippen LogP contribution in [0.2, 0.25) is 0 Å². The predicted molar refractivity (Wildman–Crippen MR) is 93.7 cm³/mol. The van der Waals surface area contributed by atoms with E-state index in [2.05, 4.69) is 23.4 Å². The van der Waals surface area contributed by atoms with Crippen molar-refractivity contribution in [3.63, 3.8) is 0 Å². The number of carbonyl (C=O) groups excluding carboxylic acids is 1. The quantitative estimate of drug-likeness (QED) is 0.795. The van der Waals surface area contributed by atoms with E-state index >= 15 is 0 Å². The molecule has 0 spiro atoms. The number of fused-ring (bicyclic) bond motifs is 1. The van der Waals surface area contributed by atoms with Crippen molar-refractivity contribution >= 4 is 22.5 Å². The molecule has 2 aromatic carbocycles. The number of nitrogens with one attached hydrogen (secondary N) is 1. The minimum Gasteiger partial charge on any atom is -0.324 e. The Balaban J connectivity index is 1.85. The zero-order chi connectivity index (χ0) is 16.4. The molecule has 0 radical (unpaired) electrons. The van der Waals surface area contributed by atoms with E-state index in [4.69, 9.17) is 0 Å². The number of rotatable bonds is 4. The maximum Gasteiger partial charge on any atom is 0.246 e. The molecule has 118 valence electrons. The van der Waals surface area contributed by atoms with Crippen LogP contribution in [0.15, 0.2) is 42.5 Å². The molecule has 0 fully saturated rings. The van der Waals surface area contributed by atoms with E-state index in [1.807, 2.05) is 50.2 Å². The fraction of sp³-hybridized carbons (Fsp3) is 0.263. The molecular weight excluding hydrogens is 286 g/mol. The number of carbonyl (C=O) groups is 1. The van der Waals surface area contributed by atoms with Crippen LogP contribution in [0.1, 0.15) is 23.7 Å². The highest BCUT2D eigenvalue weighted by Crippen LogP contribution is 2.22. The van der Waals surface area contributed by atoms with Crippen LogP contribution in [0, 0.1) is 13.8 Å². The summed E-state index contributed by atoms with van der Waals surface area (Å²) < 4.78 is 1.77. The number of nitrogens with zero attached hydrogens (tertiary/aromatic N) is 2. The summed E-state index contributed by atoms with van der Waals surface area (Å²) in [5, 5.41) is 8.63. The Morgan fingerprint density at radius 1 is 1.13 bits per heavy atom. The highest BCUT2D eigenvalue weighted by atomic mass is 16.2. The molecule has 1 amide bonds. The van der Waals surface area contributed by atoms with E-state index in [-0.39, 0.29) is 12.5 Å². The van der Waals surface area contributed by atoms with Gasteiger partial charge in [0, 0.05) is 11.1 Å². The maximum atomic E-state index is 12.5. The molecule has 4 heteroatoms. The van der Waals surface area contributed by atoms with E-state index in [0.29, 0.717) is 0 Å². The first-order chi connectivity index (χ1) is 11.1. The first-order valence-electron chi connectivity index (χ1n) is 7.90. The second-order valence-corrected chi connectivity index (χ2v) is 5.77. The van der Waals surface area contributed by atoms with Crippen LogP contribution in [0.3, 0.4) is 0 Å². The normalized spacial score (nSPS) is 10.9. The van der Waals surface area contributed by atoms with Gasteiger partial charge in [0.25, 0.3) is 0 Å². The van der Waals surface area contributed by atoms with Crippen LogP contribution in [0.5, 0.6) is 0 Å². The lowest BCUT2D eigenvalue weighted by Crippen LogP contribution is -2.20. The summed E-state index contributed by atoms with van der Waals surface area (Å²) in [6, 6.07) is 14.1. The summed E-state index contributed by atoms with van der Waals surface area (Å²) in [5.41, 5.74) is 5.09. The van der Waals surface area contributed by atoms with Gasteiger partial charge in [0.15, 0.2) is 0 Å². The summed E-state index contributed by atoms with van der Waals surface area (Å²) in [4.78, 5) is 12.5. The minimum atomic E-state index is -0.0535. The standard InChI is InChI=1S/C19H21N3O/c1-4-15-9-7-8-13(2)19(15)20-18(23)12-22-17-11-6-5-10-16(17)14(3)21-22/h5-11H,4,12H2,1-3H3,(H,20,23). The monoisotopic (exact) mass is 307 g/mol. The van der Waals surface area contributed by atoms with Crippen molar-refractivity contribution in [3.8, 4) is 0 Å². The molecular formula is C19H21N3O. The molecule has 0 aliphatic heterocycles. The van der Waals surface area contributed by atoms with E-state index in [0.717, 1.165) is 39.8 Å². The van der Waals surface area contributed by atoms with E-state index in [1.54, 1.807) is 4.68 Å². The molecule has 3 aromatic rings. The van der Waals surface area contributed by atoms with Gasteiger partial charge in [-0.2, -0.15) is 5.10 Å². The van der Waals surface area contributed by atoms with Crippen molar-refractivity contribution < 1.29 is 4.79 Å². The average Bonchev–Trinajstić information content (AvgIpc) is 2.86. The molecule has 0 atom stereocenters. The summed E-state index contributed by atoms with van der Waals surface area (Å²) in [6.45, 7) is 6.29. The summed E-state index contributed by atoms with van der Waals surface area (Å²) in [6.07, 6.45) is 0.890. The number of amides is 1. The van der Waals surface area contributed by atoms with Gasteiger partial charge in [-0.25, -0.2) is 0 Å². The lowest BCUT2D eigenvalue weighted by molar-refractivity contribution is -0.116. The van der Waals surface area contributed by atoms with Gasteiger partial charge in [-0.05, 0) is 37.5 Å². The van der Waals surface area contributed by atoms with Crippen LogP contribution < -0.4 is 5.32 Å². The Morgan fingerprint density at radius 3 is 2.70 bits per heavy atom. The number of aryl methyl sites for hydroxylation is 3. The fourth-order valence-electron chi connectivity index (χ4n) is 2.93. The van der Waals surface area contributed by atoms with Gasteiger partial charge in [-0.1, -0.05) is 43.3 Å². The number of hydrogen-bond donors (Lipinski definition) is 1. The van der Waals surface area contributed by atoms with E-state index in [1.165, 1.54) is 0 Å². The van der Waals surface area contributed by atoms with Gasteiger partial charge in [0.1, 0.15) is 6.54 Å². The van der Waals surface area contributed by atoms with Crippen molar-refractivity contribution in [1.29, 1.82) is 0 Å². The molecule has 1 N–H and O–H groups in total. The highest BCUT2D eigenvalue weighted by Gasteiger charge is 2.12. The Morgan fingerprint density at radius 2 is 1.91 bits per heavy atom. The molecule has 0 saturated heterocycles. The van der Waals surface area contributed by atoms with Crippen LogP contribution in [-0.2, 0) is 17.8 Å². The molecule has 0 unspecified atom stereocenters. The van der Waals surface area contributed by atoms with Crippen LogP contribution in [0.4, 0.5) is 5.69 Å². The van der Waals surface area contributed by atoms with Gasteiger partial charge < -0.3 is 5.32 Å². The average molecular weight is 307 g/mol. The van der Waals surface area contributed by atoms with Gasteiger partial charge in [-0.3, -0.25) is 9.48 Å². The number of benzene rings is 2. The smallest absolute Gasteiger partial charge is 0.246 e. The zero-order valence-electron chi connectivity index (χ0n) is 13.8. The lowest BCUT2D eigenvalue weighted by atomic mass is 10.1. The molecule has 0 bridgehead atoms.